The molecule has 7 heteroatoms. The number of benzene rings is 2. The molecule has 24 heavy (non-hydrogen) atoms. The summed E-state index contributed by atoms with van der Waals surface area (Å²) in [7, 11) is 0. The number of carbonyl (C=O) groups is 1. The smallest absolute Gasteiger partial charge is 0.277 e. The minimum atomic E-state index is -0.169. The zero-order chi connectivity index (χ0) is 16.9. The molecule has 0 aliphatic carbocycles. The Morgan fingerprint density at radius 2 is 2.04 bits per heavy atom. The van der Waals surface area contributed by atoms with Crippen molar-refractivity contribution in [2.45, 2.75) is 12.1 Å². The van der Waals surface area contributed by atoms with Gasteiger partial charge in [-0.3, -0.25) is 4.79 Å². The summed E-state index contributed by atoms with van der Waals surface area (Å²) in [5.41, 5.74) is 2.59. The van der Waals surface area contributed by atoms with E-state index in [2.05, 4.69) is 15.5 Å². The minimum absolute atomic E-state index is 0.169. The molecule has 0 fully saturated rings. The van der Waals surface area contributed by atoms with Gasteiger partial charge in [-0.25, -0.2) is 0 Å². The Bertz CT molecular complexity index is 866. The fraction of sp³-hybridized carbons (Fsp3) is 0.118. The van der Waals surface area contributed by atoms with Crippen molar-refractivity contribution >= 4 is 35.0 Å². The summed E-state index contributed by atoms with van der Waals surface area (Å²) in [5, 5.41) is 11.7. The minimum Gasteiger partial charge on any atom is -0.411 e. The molecule has 0 saturated carbocycles. The highest BCUT2D eigenvalue weighted by atomic mass is 35.5. The number of rotatable bonds is 5. The third-order valence-electron chi connectivity index (χ3n) is 3.22. The number of amides is 1. The SMILES string of the molecule is Cc1ccccc1-c1nnc(SCC(=O)Nc2cccc(Cl)c2)o1. The fourth-order valence-corrected chi connectivity index (χ4v) is 2.83. The van der Waals surface area contributed by atoms with Crippen molar-refractivity contribution in [2.24, 2.45) is 0 Å². The highest BCUT2D eigenvalue weighted by Crippen LogP contribution is 2.25. The lowest BCUT2D eigenvalue weighted by Crippen LogP contribution is -2.13. The van der Waals surface area contributed by atoms with Crippen molar-refractivity contribution in [3.05, 3.63) is 59.1 Å². The van der Waals surface area contributed by atoms with Gasteiger partial charge in [0.25, 0.3) is 5.22 Å². The molecule has 3 rings (SSSR count). The molecular weight excluding hydrogens is 346 g/mol. The maximum atomic E-state index is 12.0. The topological polar surface area (TPSA) is 68.0 Å². The second kappa shape index (κ2) is 7.51. The molecule has 122 valence electrons. The van der Waals surface area contributed by atoms with Crippen LogP contribution in [-0.2, 0) is 4.79 Å². The molecule has 0 atom stereocenters. The average Bonchev–Trinajstić information content (AvgIpc) is 3.02. The van der Waals surface area contributed by atoms with Crippen molar-refractivity contribution in [3.8, 4) is 11.5 Å². The van der Waals surface area contributed by atoms with Crippen molar-refractivity contribution in [1.29, 1.82) is 0 Å². The second-order valence-corrected chi connectivity index (χ2v) is 6.40. The van der Waals surface area contributed by atoms with Crippen LogP contribution >= 0.6 is 23.4 Å². The van der Waals surface area contributed by atoms with Gasteiger partial charge in [0.1, 0.15) is 0 Å². The van der Waals surface area contributed by atoms with Gasteiger partial charge in [-0.2, -0.15) is 0 Å². The third kappa shape index (κ3) is 4.15. The number of aromatic nitrogens is 2. The van der Waals surface area contributed by atoms with Gasteiger partial charge in [-0.15, -0.1) is 10.2 Å². The third-order valence-corrected chi connectivity index (χ3v) is 4.27. The zero-order valence-corrected chi connectivity index (χ0v) is 14.4. The Balaban J connectivity index is 1.59. The zero-order valence-electron chi connectivity index (χ0n) is 12.8. The number of thioether (sulfide) groups is 1. The molecule has 1 amide bonds. The van der Waals surface area contributed by atoms with E-state index in [-0.39, 0.29) is 11.7 Å². The van der Waals surface area contributed by atoms with Crippen LogP contribution in [0.15, 0.2) is 58.2 Å². The van der Waals surface area contributed by atoms with Crippen molar-refractivity contribution < 1.29 is 9.21 Å². The molecule has 0 unspecified atom stereocenters. The first kappa shape index (κ1) is 16.5. The van der Waals surface area contributed by atoms with E-state index in [9.17, 15) is 4.79 Å². The second-order valence-electron chi connectivity index (χ2n) is 5.04. The van der Waals surface area contributed by atoms with Gasteiger partial charge in [0, 0.05) is 16.3 Å². The number of hydrogen-bond donors (Lipinski definition) is 1. The van der Waals surface area contributed by atoms with Gasteiger partial charge in [-0.1, -0.05) is 47.6 Å². The molecule has 0 aliphatic rings. The molecule has 0 bridgehead atoms. The molecular formula is C17H14ClN3O2S. The van der Waals surface area contributed by atoms with Gasteiger partial charge < -0.3 is 9.73 Å². The van der Waals surface area contributed by atoms with E-state index in [1.807, 2.05) is 31.2 Å². The van der Waals surface area contributed by atoms with Crippen LogP contribution in [0.1, 0.15) is 5.56 Å². The van der Waals surface area contributed by atoms with E-state index >= 15 is 0 Å². The summed E-state index contributed by atoms with van der Waals surface area (Å²) >= 11 is 7.07. The normalized spacial score (nSPS) is 10.6. The summed E-state index contributed by atoms with van der Waals surface area (Å²) < 4.78 is 5.61. The number of aryl methyl sites for hydroxylation is 1. The highest BCUT2D eigenvalue weighted by Gasteiger charge is 2.12. The van der Waals surface area contributed by atoms with Crippen LogP contribution in [-0.4, -0.2) is 21.9 Å². The largest absolute Gasteiger partial charge is 0.411 e. The Morgan fingerprint density at radius 1 is 1.21 bits per heavy atom. The van der Waals surface area contributed by atoms with E-state index in [1.54, 1.807) is 24.3 Å². The van der Waals surface area contributed by atoms with Gasteiger partial charge in [0.15, 0.2) is 0 Å². The van der Waals surface area contributed by atoms with Crippen LogP contribution in [0.25, 0.3) is 11.5 Å². The van der Waals surface area contributed by atoms with Crippen LogP contribution in [0.5, 0.6) is 0 Å². The quantitative estimate of drug-likeness (QED) is 0.682. The standard InChI is InChI=1S/C17H14ClN3O2S/c1-11-5-2-3-8-14(11)16-20-21-17(23-16)24-10-15(22)19-13-7-4-6-12(18)9-13/h2-9H,10H2,1H3,(H,19,22). The van der Waals surface area contributed by atoms with E-state index in [4.69, 9.17) is 16.0 Å². The van der Waals surface area contributed by atoms with Crippen molar-refractivity contribution in [3.63, 3.8) is 0 Å². The van der Waals surface area contributed by atoms with Crippen LogP contribution < -0.4 is 5.32 Å². The number of hydrogen-bond acceptors (Lipinski definition) is 5. The van der Waals surface area contributed by atoms with E-state index in [1.165, 1.54) is 11.8 Å². The summed E-state index contributed by atoms with van der Waals surface area (Å²) in [4.78, 5) is 12.0. The molecule has 0 aliphatic heterocycles. The molecule has 0 saturated heterocycles. The summed E-state index contributed by atoms with van der Waals surface area (Å²) in [6.45, 7) is 1.98. The maximum absolute atomic E-state index is 12.0. The Hall–Kier alpha value is -2.31. The van der Waals surface area contributed by atoms with Gasteiger partial charge in [0.05, 0.1) is 5.75 Å². The lowest BCUT2D eigenvalue weighted by Gasteiger charge is -2.04. The molecule has 0 spiro atoms. The number of nitrogens with one attached hydrogen (secondary N) is 1. The molecule has 5 nitrogen and oxygen atoms in total. The van der Waals surface area contributed by atoms with Crippen LogP contribution in [0.4, 0.5) is 5.69 Å². The monoisotopic (exact) mass is 359 g/mol. The lowest BCUT2D eigenvalue weighted by atomic mass is 10.1. The predicted octanol–water partition coefficient (Wildman–Crippen LogP) is 4.43. The Kier molecular flexibility index (Phi) is 5.17. The molecule has 0 radical (unpaired) electrons. The summed E-state index contributed by atoms with van der Waals surface area (Å²) in [6, 6.07) is 14.7. The molecule has 1 N–H and O–H groups in total. The molecule has 1 heterocycles. The highest BCUT2D eigenvalue weighted by molar-refractivity contribution is 7.99. The van der Waals surface area contributed by atoms with Gasteiger partial charge in [0.2, 0.25) is 11.8 Å². The average molecular weight is 360 g/mol. The molecule has 1 aromatic heterocycles. The van der Waals surface area contributed by atoms with Crippen LogP contribution in [0, 0.1) is 6.92 Å². The summed E-state index contributed by atoms with van der Waals surface area (Å²) in [6.07, 6.45) is 0. The predicted molar refractivity (Wildman–Crippen MR) is 95.3 cm³/mol. The van der Waals surface area contributed by atoms with Crippen LogP contribution in [0.3, 0.4) is 0 Å². The van der Waals surface area contributed by atoms with Gasteiger partial charge >= 0.3 is 0 Å². The Labute approximate surface area is 148 Å². The van der Waals surface area contributed by atoms with Crippen molar-refractivity contribution in [2.75, 3.05) is 11.1 Å². The number of carbonyl (C=O) groups excluding carboxylic acids is 1. The number of anilines is 1. The van der Waals surface area contributed by atoms with Crippen molar-refractivity contribution in [1.82, 2.24) is 10.2 Å². The molecule has 2 aromatic carbocycles. The van der Waals surface area contributed by atoms with Crippen LogP contribution in [0.2, 0.25) is 5.02 Å². The summed E-state index contributed by atoms with van der Waals surface area (Å²) in [5.74, 6) is 0.450. The first-order chi connectivity index (χ1) is 11.6. The van der Waals surface area contributed by atoms with E-state index in [0.29, 0.717) is 21.8 Å². The number of nitrogens with zero attached hydrogens (tertiary/aromatic N) is 2. The lowest BCUT2D eigenvalue weighted by molar-refractivity contribution is -0.113. The first-order valence-electron chi connectivity index (χ1n) is 7.19. The Morgan fingerprint density at radius 3 is 2.83 bits per heavy atom. The maximum Gasteiger partial charge on any atom is 0.277 e. The van der Waals surface area contributed by atoms with E-state index < -0.39 is 0 Å². The van der Waals surface area contributed by atoms with Gasteiger partial charge in [-0.05, 0) is 36.8 Å². The first-order valence-corrected chi connectivity index (χ1v) is 8.56. The van der Waals surface area contributed by atoms with E-state index in [0.717, 1.165) is 11.1 Å². The fourth-order valence-electron chi connectivity index (χ4n) is 2.08. The molecule has 3 aromatic rings. The number of halogens is 1.